The van der Waals surface area contributed by atoms with Gasteiger partial charge in [0.1, 0.15) is 11.6 Å². The van der Waals surface area contributed by atoms with Crippen LogP contribution in [0.25, 0.3) is 0 Å². The summed E-state index contributed by atoms with van der Waals surface area (Å²) >= 11 is 12.0. The minimum absolute atomic E-state index is 0.0730. The number of piperidine rings is 1. The molecule has 1 fully saturated rings. The highest BCUT2D eigenvalue weighted by atomic mass is 35.5. The fraction of sp³-hybridized carbons (Fsp3) is 0.238. The van der Waals surface area contributed by atoms with E-state index < -0.39 is 5.91 Å². The number of carbonyl (C=O) groups excluding carboxylic acids is 1. The van der Waals surface area contributed by atoms with Crippen LogP contribution >= 0.6 is 23.2 Å². The monoisotopic (exact) mass is 414 g/mol. The number of anilines is 3. The molecule has 1 amide bonds. The third-order valence-corrected chi connectivity index (χ3v) is 5.36. The van der Waals surface area contributed by atoms with Crippen LogP contribution in [0.3, 0.4) is 0 Å². The molecule has 2 N–H and O–H groups in total. The molecule has 1 saturated heterocycles. The molecule has 7 heteroatoms. The number of hydrogen-bond acceptors (Lipinski definition) is 4. The van der Waals surface area contributed by atoms with Crippen molar-refractivity contribution in [1.29, 1.82) is 5.26 Å². The molecule has 2 aromatic carbocycles. The third kappa shape index (κ3) is 4.98. The molecular weight excluding hydrogens is 395 g/mol. The molecule has 1 heterocycles. The van der Waals surface area contributed by atoms with Crippen LogP contribution in [0.2, 0.25) is 10.0 Å². The molecule has 0 aliphatic carbocycles. The zero-order chi connectivity index (χ0) is 19.9. The van der Waals surface area contributed by atoms with Crippen LogP contribution in [0.4, 0.5) is 17.1 Å². The normalized spacial score (nSPS) is 14.3. The van der Waals surface area contributed by atoms with Crippen molar-refractivity contribution in [3.05, 3.63) is 64.3 Å². The van der Waals surface area contributed by atoms with Crippen molar-refractivity contribution in [1.82, 2.24) is 0 Å². The Balaban J connectivity index is 1.65. The molecule has 2 aromatic rings. The average molecular weight is 415 g/mol. The van der Waals surface area contributed by atoms with E-state index in [9.17, 15) is 10.1 Å². The maximum absolute atomic E-state index is 12.3. The van der Waals surface area contributed by atoms with Crippen LogP contribution in [0.5, 0.6) is 0 Å². The van der Waals surface area contributed by atoms with Gasteiger partial charge < -0.3 is 15.5 Å². The van der Waals surface area contributed by atoms with Crippen molar-refractivity contribution in [3.63, 3.8) is 0 Å². The summed E-state index contributed by atoms with van der Waals surface area (Å²) in [6.07, 6.45) is 5.12. The van der Waals surface area contributed by atoms with Gasteiger partial charge in [-0.15, -0.1) is 0 Å². The number of rotatable bonds is 5. The lowest BCUT2D eigenvalue weighted by atomic mass is 10.1. The van der Waals surface area contributed by atoms with E-state index in [0.717, 1.165) is 18.8 Å². The van der Waals surface area contributed by atoms with Crippen LogP contribution in [-0.4, -0.2) is 19.0 Å². The Labute approximate surface area is 174 Å². The van der Waals surface area contributed by atoms with Gasteiger partial charge in [-0.05, 0) is 55.7 Å². The SMILES string of the molecule is N#C/C(=C/Nc1ccc(N2CCCCC2)cc1)C(=O)Nc1cccc(Cl)c1Cl. The molecule has 0 bridgehead atoms. The second kappa shape index (κ2) is 9.50. The predicted molar refractivity (Wildman–Crippen MR) is 115 cm³/mol. The van der Waals surface area contributed by atoms with Crippen molar-refractivity contribution in [2.75, 3.05) is 28.6 Å². The molecule has 0 radical (unpaired) electrons. The van der Waals surface area contributed by atoms with E-state index in [4.69, 9.17) is 23.2 Å². The fourth-order valence-electron chi connectivity index (χ4n) is 3.01. The summed E-state index contributed by atoms with van der Waals surface area (Å²) in [5, 5.41) is 15.5. The fourth-order valence-corrected chi connectivity index (χ4v) is 3.36. The van der Waals surface area contributed by atoms with E-state index in [0.29, 0.717) is 10.7 Å². The molecule has 3 rings (SSSR count). The van der Waals surface area contributed by atoms with E-state index in [2.05, 4.69) is 15.5 Å². The summed E-state index contributed by atoms with van der Waals surface area (Å²) < 4.78 is 0. The van der Waals surface area contributed by atoms with Crippen LogP contribution in [-0.2, 0) is 4.79 Å². The number of benzene rings is 2. The number of carbonyl (C=O) groups is 1. The van der Waals surface area contributed by atoms with Crippen LogP contribution in [0.15, 0.2) is 54.2 Å². The van der Waals surface area contributed by atoms with Gasteiger partial charge in [-0.3, -0.25) is 4.79 Å². The highest BCUT2D eigenvalue weighted by Crippen LogP contribution is 2.29. The summed E-state index contributed by atoms with van der Waals surface area (Å²) in [7, 11) is 0. The highest BCUT2D eigenvalue weighted by Gasteiger charge is 2.13. The van der Waals surface area contributed by atoms with E-state index in [1.807, 2.05) is 30.3 Å². The number of nitriles is 1. The lowest BCUT2D eigenvalue weighted by Gasteiger charge is -2.28. The van der Waals surface area contributed by atoms with E-state index in [1.165, 1.54) is 31.1 Å². The smallest absolute Gasteiger partial charge is 0.267 e. The molecule has 5 nitrogen and oxygen atoms in total. The predicted octanol–water partition coefficient (Wildman–Crippen LogP) is 5.44. The molecule has 28 heavy (non-hydrogen) atoms. The Morgan fingerprint density at radius 1 is 1.07 bits per heavy atom. The van der Waals surface area contributed by atoms with E-state index in [-0.39, 0.29) is 10.6 Å². The second-order valence-corrected chi connectivity index (χ2v) is 7.25. The first-order valence-electron chi connectivity index (χ1n) is 9.05. The first kappa shape index (κ1) is 20.1. The van der Waals surface area contributed by atoms with Crippen molar-refractivity contribution < 1.29 is 4.79 Å². The lowest BCUT2D eigenvalue weighted by Crippen LogP contribution is -2.29. The largest absolute Gasteiger partial charge is 0.372 e. The summed E-state index contributed by atoms with van der Waals surface area (Å²) in [5.41, 5.74) is 2.26. The number of amides is 1. The quantitative estimate of drug-likeness (QED) is 0.504. The lowest BCUT2D eigenvalue weighted by molar-refractivity contribution is -0.112. The van der Waals surface area contributed by atoms with Gasteiger partial charge in [0.05, 0.1) is 15.7 Å². The topological polar surface area (TPSA) is 68.2 Å². The summed E-state index contributed by atoms with van der Waals surface area (Å²) in [4.78, 5) is 14.7. The Hall–Kier alpha value is -2.68. The van der Waals surface area contributed by atoms with E-state index in [1.54, 1.807) is 18.2 Å². The molecule has 1 aliphatic heterocycles. The summed E-state index contributed by atoms with van der Waals surface area (Å²) in [6.45, 7) is 2.16. The number of halogens is 2. The minimum Gasteiger partial charge on any atom is -0.372 e. The standard InChI is InChI=1S/C21H20Cl2N4O/c22-18-5-4-6-19(20(18)23)26-21(28)15(13-24)14-25-16-7-9-17(10-8-16)27-11-2-1-3-12-27/h4-10,14,25H,1-3,11-12H2,(H,26,28)/b15-14-. The first-order valence-corrected chi connectivity index (χ1v) is 9.81. The maximum atomic E-state index is 12.3. The average Bonchev–Trinajstić information content (AvgIpc) is 2.73. The van der Waals surface area contributed by atoms with Crippen LogP contribution < -0.4 is 15.5 Å². The van der Waals surface area contributed by atoms with Gasteiger partial charge in [-0.25, -0.2) is 0 Å². The number of nitrogens with one attached hydrogen (secondary N) is 2. The zero-order valence-corrected chi connectivity index (χ0v) is 16.7. The Bertz CT molecular complexity index is 913. The molecule has 0 unspecified atom stereocenters. The van der Waals surface area contributed by atoms with Gasteiger partial charge in [-0.2, -0.15) is 5.26 Å². The van der Waals surface area contributed by atoms with Gasteiger partial charge in [-0.1, -0.05) is 29.3 Å². The molecule has 0 spiro atoms. The van der Waals surface area contributed by atoms with Crippen molar-refractivity contribution in [2.24, 2.45) is 0 Å². The number of nitrogens with zero attached hydrogens (tertiary/aromatic N) is 2. The molecule has 0 saturated carbocycles. The van der Waals surface area contributed by atoms with Crippen LogP contribution in [0.1, 0.15) is 19.3 Å². The molecule has 144 valence electrons. The van der Waals surface area contributed by atoms with Gasteiger partial charge >= 0.3 is 0 Å². The summed E-state index contributed by atoms with van der Waals surface area (Å²) in [6, 6.07) is 14.7. The molecule has 0 aromatic heterocycles. The van der Waals surface area contributed by atoms with Crippen LogP contribution in [0, 0.1) is 11.3 Å². The van der Waals surface area contributed by atoms with Gasteiger partial charge in [0.2, 0.25) is 0 Å². The maximum Gasteiger partial charge on any atom is 0.267 e. The Morgan fingerprint density at radius 3 is 2.46 bits per heavy atom. The van der Waals surface area contributed by atoms with Crippen molar-refractivity contribution in [3.8, 4) is 6.07 Å². The Kier molecular flexibility index (Phi) is 6.80. The minimum atomic E-state index is -0.566. The first-order chi connectivity index (χ1) is 13.6. The van der Waals surface area contributed by atoms with Crippen molar-refractivity contribution in [2.45, 2.75) is 19.3 Å². The van der Waals surface area contributed by atoms with Crippen molar-refractivity contribution >= 4 is 46.2 Å². The number of hydrogen-bond donors (Lipinski definition) is 2. The summed E-state index contributed by atoms with van der Waals surface area (Å²) in [5.74, 6) is -0.566. The second-order valence-electron chi connectivity index (χ2n) is 6.46. The Morgan fingerprint density at radius 2 is 1.79 bits per heavy atom. The van der Waals surface area contributed by atoms with Gasteiger partial charge in [0.25, 0.3) is 5.91 Å². The third-order valence-electron chi connectivity index (χ3n) is 4.54. The zero-order valence-electron chi connectivity index (χ0n) is 15.2. The van der Waals surface area contributed by atoms with Gasteiger partial charge in [0, 0.05) is 30.7 Å². The molecular formula is C21H20Cl2N4O. The van der Waals surface area contributed by atoms with Gasteiger partial charge in [0.15, 0.2) is 0 Å². The highest BCUT2D eigenvalue weighted by molar-refractivity contribution is 6.44. The molecule has 1 aliphatic rings. The molecule has 0 atom stereocenters. The van der Waals surface area contributed by atoms with E-state index >= 15 is 0 Å².